The van der Waals surface area contributed by atoms with Crippen molar-refractivity contribution in [2.24, 2.45) is 5.41 Å². The molecule has 2 saturated heterocycles. The SMILES string of the molecule is N#CC1(C2(O)CCC3(CC2)OCCO3)CCS(=O)(=O)C1. The van der Waals surface area contributed by atoms with Gasteiger partial charge in [-0.15, -0.1) is 0 Å². The van der Waals surface area contributed by atoms with Crippen LogP contribution in [-0.4, -0.2) is 49.6 Å². The topological polar surface area (TPSA) is 96.6 Å². The Balaban J connectivity index is 1.81. The second kappa shape index (κ2) is 4.41. The summed E-state index contributed by atoms with van der Waals surface area (Å²) in [4.78, 5) is 0. The van der Waals surface area contributed by atoms with Crippen molar-refractivity contribution in [2.45, 2.75) is 43.5 Å². The number of rotatable bonds is 1. The largest absolute Gasteiger partial charge is 0.388 e. The molecule has 1 saturated carbocycles. The number of sulfone groups is 1. The summed E-state index contributed by atoms with van der Waals surface area (Å²) in [5.74, 6) is -0.872. The van der Waals surface area contributed by atoms with Gasteiger partial charge in [0.25, 0.3) is 0 Å². The number of nitrogens with zero attached hydrogens (tertiary/aromatic N) is 1. The monoisotopic (exact) mass is 301 g/mol. The van der Waals surface area contributed by atoms with E-state index in [1.807, 2.05) is 0 Å². The van der Waals surface area contributed by atoms with E-state index in [1.54, 1.807) is 0 Å². The Labute approximate surface area is 118 Å². The lowest BCUT2D eigenvalue weighted by molar-refractivity contribution is -0.214. The fraction of sp³-hybridized carbons (Fsp3) is 0.923. The Morgan fingerprint density at radius 3 is 2.10 bits per heavy atom. The molecule has 1 N–H and O–H groups in total. The summed E-state index contributed by atoms with van der Waals surface area (Å²) in [6, 6.07) is 2.11. The van der Waals surface area contributed by atoms with E-state index in [1.165, 1.54) is 0 Å². The van der Waals surface area contributed by atoms with Gasteiger partial charge < -0.3 is 14.6 Å². The summed E-state index contributed by atoms with van der Waals surface area (Å²) in [5.41, 5.74) is -2.43. The highest BCUT2D eigenvalue weighted by Gasteiger charge is 2.60. The van der Waals surface area contributed by atoms with Crippen molar-refractivity contribution in [3.05, 3.63) is 0 Å². The van der Waals surface area contributed by atoms with Crippen molar-refractivity contribution in [3.8, 4) is 6.07 Å². The van der Waals surface area contributed by atoms with Crippen molar-refractivity contribution in [3.63, 3.8) is 0 Å². The lowest BCUT2D eigenvalue weighted by Gasteiger charge is -2.46. The van der Waals surface area contributed by atoms with Gasteiger partial charge in [-0.1, -0.05) is 0 Å². The van der Waals surface area contributed by atoms with Crippen LogP contribution in [0.5, 0.6) is 0 Å². The van der Waals surface area contributed by atoms with Gasteiger partial charge >= 0.3 is 0 Å². The molecule has 0 amide bonds. The van der Waals surface area contributed by atoms with Crippen LogP contribution in [-0.2, 0) is 19.3 Å². The molecule has 1 atom stereocenters. The quantitative estimate of drug-likeness (QED) is 0.751. The second-order valence-corrected chi connectivity index (χ2v) is 8.36. The fourth-order valence-corrected chi connectivity index (χ4v) is 5.75. The van der Waals surface area contributed by atoms with E-state index in [4.69, 9.17) is 9.47 Å². The van der Waals surface area contributed by atoms with E-state index in [0.717, 1.165) is 0 Å². The molecule has 3 fully saturated rings. The van der Waals surface area contributed by atoms with Crippen LogP contribution in [0.15, 0.2) is 0 Å². The van der Waals surface area contributed by atoms with Gasteiger partial charge in [0.05, 0.1) is 36.4 Å². The van der Waals surface area contributed by atoms with Gasteiger partial charge in [-0.05, 0) is 19.3 Å². The van der Waals surface area contributed by atoms with Gasteiger partial charge in [0.15, 0.2) is 15.6 Å². The maximum Gasteiger partial charge on any atom is 0.168 e. The van der Waals surface area contributed by atoms with Crippen LogP contribution in [0, 0.1) is 16.7 Å². The first-order chi connectivity index (χ1) is 9.35. The first kappa shape index (κ1) is 14.3. The number of hydrogen-bond donors (Lipinski definition) is 1. The van der Waals surface area contributed by atoms with Crippen LogP contribution in [0.25, 0.3) is 0 Å². The minimum absolute atomic E-state index is 0.0129. The lowest BCUT2D eigenvalue weighted by atomic mass is 9.64. The molecule has 6 nitrogen and oxygen atoms in total. The number of nitriles is 1. The Morgan fingerprint density at radius 1 is 1.05 bits per heavy atom. The summed E-state index contributed by atoms with van der Waals surface area (Å²) in [6.07, 6.45) is 1.92. The van der Waals surface area contributed by atoms with E-state index in [2.05, 4.69) is 6.07 Å². The lowest BCUT2D eigenvalue weighted by Crippen LogP contribution is -2.54. The molecule has 0 aromatic carbocycles. The van der Waals surface area contributed by atoms with E-state index >= 15 is 0 Å². The van der Waals surface area contributed by atoms with Crippen LogP contribution in [0.2, 0.25) is 0 Å². The fourth-order valence-electron chi connectivity index (χ4n) is 3.72. The van der Waals surface area contributed by atoms with Crippen molar-refractivity contribution in [2.75, 3.05) is 24.7 Å². The van der Waals surface area contributed by atoms with Gasteiger partial charge in [-0.3, -0.25) is 0 Å². The summed E-state index contributed by atoms with van der Waals surface area (Å²) in [5, 5.41) is 20.4. The molecule has 3 aliphatic rings. The molecule has 0 radical (unpaired) electrons. The van der Waals surface area contributed by atoms with Crippen molar-refractivity contribution >= 4 is 9.84 Å². The van der Waals surface area contributed by atoms with Crippen LogP contribution < -0.4 is 0 Å². The molecule has 20 heavy (non-hydrogen) atoms. The molecule has 0 aromatic rings. The summed E-state index contributed by atoms with van der Waals surface area (Å²) < 4.78 is 34.7. The first-order valence-electron chi connectivity index (χ1n) is 6.96. The smallest absolute Gasteiger partial charge is 0.168 e. The van der Waals surface area contributed by atoms with E-state index in [-0.39, 0.29) is 17.9 Å². The van der Waals surface area contributed by atoms with Crippen LogP contribution in [0.3, 0.4) is 0 Å². The zero-order valence-electron chi connectivity index (χ0n) is 11.3. The molecule has 0 bridgehead atoms. The number of ether oxygens (including phenoxy) is 2. The molecule has 2 aliphatic heterocycles. The molecule has 1 aliphatic carbocycles. The van der Waals surface area contributed by atoms with E-state index in [9.17, 15) is 18.8 Å². The molecular weight excluding hydrogens is 282 g/mol. The Bertz CT molecular complexity index is 536. The van der Waals surface area contributed by atoms with Gasteiger partial charge in [0.1, 0.15) is 5.41 Å². The zero-order valence-corrected chi connectivity index (χ0v) is 12.1. The minimum Gasteiger partial charge on any atom is -0.388 e. The third-order valence-corrected chi connectivity index (χ3v) is 6.82. The third-order valence-electron chi connectivity index (χ3n) is 5.06. The predicted octanol–water partition coefficient (Wildman–Crippen LogP) is 0.363. The highest BCUT2D eigenvalue weighted by atomic mass is 32.2. The molecule has 0 aromatic heterocycles. The third kappa shape index (κ3) is 2.06. The molecule has 1 spiro atoms. The van der Waals surface area contributed by atoms with Gasteiger partial charge in [0, 0.05) is 12.8 Å². The standard InChI is InChI=1S/C13H19NO5S/c14-9-11(5-8-20(16,17)10-11)12(15)1-3-13(4-2-12)18-6-7-19-13/h15H,1-8,10H2. The Hall–Kier alpha value is -0.680. The molecule has 3 rings (SSSR count). The molecule has 7 heteroatoms. The summed E-state index contributed by atoms with van der Waals surface area (Å²) >= 11 is 0. The molecule has 1 unspecified atom stereocenters. The van der Waals surface area contributed by atoms with Crippen molar-refractivity contribution < 1.29 is 23.0 Å². The first-order valence-corrected chi connectivity index (χ1v) is 8.79. The minimum atomic E-state index is -3.23. The number of hydrogen-bond acceptors (Lipinski definition) is 6. The zero-order chi connectivity index (χ0) is 14.5. The molecule has 2 heterocycles. The Kier molecular flexibility index (Phi) is 3.14. The van der Waals surface area contributed by atoms with Gasteiger partial charge in [-0.25, -0.2) is 8.42 Å². The second-order valence-electron chi connectivity index (χ2n) is 6.18. The average molecular weight is 301 g/mol. The van der Waals surface area contributed by atoms with Crippen molar-refractivity contribution in [1.29, 1.82) is 5.26 Å². The van der Waals surface area contributed by atoms with Gasteiger partial charge in [-0.2, -0.15) is 5.26 Å². The van der Waals surface area contributed by atoms with E-state index < -0.39 is 26.6 Å². The molecule has 112 valence electrons. The summed E-state index contributed by atoms with van der Waals surface area (Å²) in [7, 11) is -3.23. The maximum absolute atomic E-state index is 11.7. The van der Waals surface area contributed by atoms with E-state index in [0.29, 0.717) is 38.9 Å². The predicted molar refractivity (Wildman–Crippen MR) is 69.4 cm³/mol. The normalized spacial score (nSPS) is 37.8. The summed E-state index contributed by atoms with van der Waals surface area (Å²) in [6.45, 7) is 1.10. The average Bonchev–Trinajstić information content (AvgIpc) is 2.99. The highest BCUT2D eigenvalue weighted by molar-refractivity contribution is 7.91. The highest BCUT2D eigenvalue weighted by Crippen LogP contribution is 2.51. The maximum atomic E-state index is 11.7. The van der Waals surface area contributed by atoms with Gasteiger partial charge in [0.2, 0.25) is 0 Å². The van der Waals surface area contributed by atoms with Crippen LogP contribution in [0.4, 0.5) is 0 Å². The molecular formula is C13H19NO5S. The van der Waals surface area contributed by atoms with Crippen LogP contribution in [0.1, 0.15) is 32.1 Å². The van der Waals surface area contributed by atoms with Crippen molar-refractivity contribution in [1.82, 2.24) is 0 Å². The van der Waals surface area contributed by atoms with Crippen LogP contribution >= 0.6 is 0 Å². The Morgan fingerprint density at radius 2 is 1.65 bits per heavy atom. The number of aliphatic hydroxyl groups is 1.